The van der Waals surface area contributed by atoms with E-state index in [0.717, 1.165) is 0 Å². The highest BCUT2D eigenvalue weighted by Crippen LogP contribution is 2.15. The lowest BCUT2D eigenvalue weighted by molar-refractivity contribution is -0.147. The van der Waals surface area contributed by atoms with Crippen LogP contribution in [0.4, 0.5) is 0 Å². The zero-order chi connectivity index (χ0) is 18.4. The van der Waals surface area contributed by atoms with E-state index in [4.69, 9.17) is 9.47 Å². The number of methoxy groups -OCH3 is 1. The molecule has 0 saturated heterocycles. The number of hydrogen-bond acceptors (Lipinski definition) is 6. The summed E-state index contributed by atoms with van der Waals surface area (Å²) < 4.78 is 9.69. The van der Waals surface area contributed by atoms with Gasteiger partial charge in [0.25, 0.3) is 5.91 Å². The van der Waals surface area contributed by atoms with E-state index in [2.05, 4.69) is 15.5 Å². The third-order valence-electron chi connectivity index (χ3n) is 3.98. The number of carbonyl (C=O) groups excluding carboxylic acids is 3. The minimum absolute atomic E-state index is 0.106. The highest BCUT2D eigenvalue weighted by Gasteiger charge is 2.27. The molecule has 8 nitrogen and oxygen atoms in total. The molecule has 2 atom stereocenters. The van der Waals surface area contributed by atoms with Gasteiger partial charge < -0.3 is 14.8 Å². The van der Waals surface area contributed by atoms with E-state index in [0.29, 0.717) is 17.3 Å². The number of H-pyrrole nitrogens is 1. The molecule has 1 amide bonds. The molecule has 25 heavy (non-hydrogen) atoms. The average molecular weight is 347 g/mol. The molecule has 0 spiro atoms. The number of aromatic amines is 1. The van der Waals surface area contributed by atoms with E-state index in [1.807, 2.05) is 19.9 Å². The molecule has 8 heteroatoms. The van der Waals surface area contributed by atoms with Gasteiger partial charge in [0.05, 0.1) is 12.6 Å². The Kier molecular flexibility index (Phi) is 6.10. The van der Waals surface area contributed by atoms with Crippen molar-refractivity contribution < 1.29 is 23.9 Å². The Morgan fingerprint density at radius 1 is 1.28 bits per heavy atom. The highest BCUT2D eigenvalue weighted by atomic mass is 16.5. The number of benzene rings is 1. The van der Waals surface area contributed by atoms with Gasteiger partial charge in [-0.15, -0.1) is 0 Å². The molecule has 2 aromatic rings. The van der Waals surface area contributed by atoms with Crippen LogP contribution in [0.1, 0.15) is 30.8 Å². The number of hydrogen-bond donors (Lipinski definition) is 2. The van der Waals surface area contributed by atoms with E-state index >= 15 is 0 Å². The van der Waals surface area contributed by atoms with E-state index in [1.54, 1.807) is 18.2 Å². The van der Waals surface area contributed by atoms with Crippen molar-refractivity contribution in [3.63, 3.8) is 0 Å². The fourth-order valence-corrected chi connectivity index (χ4v) is 2.33. The standard InChI is InChI=1S/C17H21N3O5/c1-4-10(2)14(16(22)24-3)18-13(21)9-25-17(23)15-11-7-5-6-8-12(11)19-20-15/h5-8,10,14H,4,9H2,1-3H3,(H,18,21)(H,19,20). The topological polar surface area (TPSA) is 110 Å². The first kappa shape index (κ1) is 18.4. The number of esters is 2. The Bertz CT molecular complexity index is 770. The minimum atomic E-state index is -0.785. The molecule has 0 saturated carbocycles. The lowest BCUT2D eigenvalue weighted by Crippen LogP contribution is -2.47. The van der Waals surface area contributed by atoms with Crippen molar-refractivity contribution in [3.05, 3.63) is 30.0 Å². The predicted octanol–water partition coefficient (Wildman–Crippen LogP) is 1.42. The molecule has 1 aromatic carbocycles. The van der Waals surface area contributed by atoms with Crippen LogP contribution in [0.3, 0.4) is 0 Å². The predicted molar refractivity (Wildman–Crippen MR) is 89.8 cm³/mol. The van der Waals surface area contributed by atoms with Gasteiger partial charge in [-0.1, -0.05) is 38.5 Å². The number of para-hydroxylation sites is 1. The van der Waals surface area contributed by atoms with Crippen molar-refractivity contribution >= 4 is 28.7 Å². The summed E-state index contributed by atoms with van der Waals surface area (Å²) in [6.45, 7) is 3.21. The summed E-state index contributed by atoms with van der Waals surface area (Å²) in [5.74, 6) is -1.94. The molecule has 1 heterocycles. The van der Waals surface area contributed by atoms with Crippen molar-refractivity contribution in [2.75, 3.05) is 13.7 Å². The summed E-state index contributed by atoms with van der Waals surface area (Å²) in [6, 6.07) is 6.30. The Hall–Kier alpha value is -2.90. The zero-order valence-electron chi connectivity index (χ0n) is 14.4. The number of amides is 1. The van der Waals surface area contributed by atoms with Gasteiger partial charge in [0.1, 0.15) is 6.04 Å². The summed E-state index contributed by atoms with van der Waals surface area (Å²) in [4.78, 5) is 35.9. The van der Waals surface area contributed by atoms with Gasteiger partial charge in [-0.3, -0.25) is 9.89 Å². The lowest BCUT2D eigenvalue weighted by Gasteiger charge is -2.21. The van der Waals surface area contributed by atoms with Crippen LogP contribution in [0, 0.1) is 5.92 Å². The van der Waals surface area contributed by atoms with E-state index in [-0.39, 0.29) is 11.6 Å². The fourth-order valence-electron chi connectivity index (χ4n) is 2.33. The summed E-state index contributed by atoms with van der Waals surface area (Å²) in [7, 11) is 1.26. The normalized spacial score (nSPS) is 13.1. The molecule has 0 radical (unpaired) electrons. The van der Waals surface area contributed by atoms with Crippen LogP contribution < -0.4 is 5.32 Å². The average Bonchev–Trinajstić information content (AvgIpc) is 3.07. The molecule has 134 valence electrons. The first-order valence-electron chi connectivity index (χ1n) is 7.95. The van der Waals surface area contributed by atoms with E-state index < -0.39 is 30.5 Å². The second-order valence-corrected chi connectivity index (χ2v) is 5.65. The van der Waals surface area contributed by atoms with Gasteiger partial charge in [0, 0.05) is 5.39 Å². The fraction of sp³-hybridized carbons (Fsp3) is 0.412. The molecule has 2 rings (SSSR count). The number of nitrogens with zero attached hydrogens (tertiary/aromatic N) is 1. The summed E-state index contributed by atoms with van der Waals surface area (Å²) in [5, 5.41) is 9.78. The Morgan fingerprint density at radius 3 is 2.68 bits per heavy atom. The maximum absolute atomic E-state index is 12.1. The van der Waals surface area contributed by atoms with Gasteiger partial charge in [0.2, 0.25) is 0 Å². The number of rotatable bonds is 7. The van der Waals surface area contributed by atoms with Crippen LogP contribution in [0.25, 0.3) is 10.9 Å². The smallest absolute Gasteiger partial charge is 0.359 e. The molecule has 0 aliphatic heterocycles. The summed E-state index contributed by atoms with van der Waals surface area (Å²) in [6.07, 6.45) is 0.680. The maximum atomic E-state index is 12.1. The van der Waals surface area contributed by atoms with Gasteiger partial charge in [-0.05, 0) is 12.0 Å². The maximum Gasteiger partial charge on any atom is 0.359 e. The quantitative estimate of drug-likeness (QED) is 0.733. The number of ether oxygens (including phenoxy) is 2. The first-order valence-corrected chi connectivity index (χ1v) is 7.95. The van der Waals surface area contributed by atoms with Crippen LogP contribution in [0.15, 0.2) is 24.3 Å². The second kappa shape index (κ2) is 8.27. The zero-order valence-corrected chi connectivity index (χ0v) is 14.4. The lowest BCUT2D eigenvalue weighted by atomic mass is 9.99. The number of fused-ring (bicyclic) bond motifs is 1. The second-order valence-electron chi connectivity index (χ2n) is 5.65. The third kappa shape index (κ3) is 4.34. The van der Waals surface area contributed by atoms with Crippen LogP contribution in [0.5, 0.6) is 0 Å². The van der Waals surface area contributed by atoms with Crippen LogP contribution >= 0.6 is 0 Å². The molecular formula is C17H21N3O5. The van der Waals surface area contributed by atoms with E-state index in [1.165, 1.54) is 7.11 Å². The van der Waals surface area contributed by atoms with Crippen LogP contribution in [0.2, 0.25) is 0 Å². The summed E-state index contributed by atoms with van der Waals surface area (Å²) >= 11 is 0. The number of nitrogens with one attached hydrogen (secondary N) is 2. The molecule has 0 aliphatic carbocycles. The van der Waals surface area contributed by atoms with Gasteiger partial charge >= 0.3 is 11.9 Å². The van der Waals surface area contributed by atoms with E-state index in [9.17, 15) is 14.4 Å². The third-order valence-corrected chi connectivity index (χ3v) is 3.98. The number of carbonyl (C=O) groups is 3. The van der Waals surface area contributed by atoms with Crippen molar-refractivity contribution in [2.45, 2.75) is 26.3 Å². The molecule has 0 aliphatic rings. The number of aromatic nitrogens is 2. The molecule has 2 N–H and O–H groups in total. The first-order chi connectivity index (χ1) is 12.0. The van der Waals surface area contributed by atoms with Crippen molar-refractivity contribution in [1.82, 2.24) is 15.5 Å². The van der Waals surface area contributed by atoms with Crippen LogP contribution in [-0.2, 0) is 19.1 Å². The monoisotopic (exact) mass is 347 g/mol. The van der Waals surface area contributed by atoms with Gasteiger partial charge in [-0.2, -0.15) is 5.10 Å². The molecule has 0 bridgehead atoms. The highest BCUT2D eigenvalue weighted by molar-refractivity contribution is 6.02. The largest absolute Gasteiger partial charge is 0.467 e. The molecule has 2 unspecified atom stereocenters. The van der Waals surface area contributed by atoms with Crippen molar-refractivity contribution in [1.29, 1.82) is 0 Å². The Morgan fingerprint density at radius 2 is 2.00 bits per heavy atom. The van der Waals surface area contributed by atoms with Crippen LogP contribution in [-0.4, -0.2) is 47.8 Å². The van der Waals surface area contributed by atoms with Crippen molar-refractivity contribution in [2.24, 2.45) is 5.92 Å². The molecule has 0 fully saturated rings. The van der Waals surface area contributed by atoms with Gasteiger partial charge in [-0.25, -0.2) is 9.59 Å². The van der Waals surface area contributed by atoms with Crippen molar-refractivity contribution in [3.8, 4) is 0 Å². The SMILES string of the molecule is CCC(C)C(NC(=O)COC(=O)c1n[nH]c2ccccc12)C(=O)OC. The summed E-state index contributed by atoms with van der Waals surface area (Å²) in [5.41, 5.74) is 0.802. The Labute approximate surface area is 144 Å². The minimum Gasteiger partial charge on any atom is -0.467 e. The Balaban J connectivity index is 1.96. The molecular weight excluding hydrogens is 326 g/mol. The molecule has 1 aromatic heterocycles. The van der Waals surface area contributed by atoms with Gasteiger partial charge in [0.15, 0.2) is 12.3 Å².